The first-order valence-electron chi connectivity index (χ1n) is 9.72. The molecule has 1 aliphatic heterocycles. The smallest absolute Gasteiger partial charge is 0.191 e. The van der Waals surface area contributed by atoms with E-state index in [0.717, 1.165) is 37.1 Å². The van der Waals surface area contributed by atoms with E-state index in [0.29, 0.717) is 12.3 Å². The van der Waals surface area contributed by atoms with E-state index >= 15 is 0 Å². The molecule has 2 rings (SSSR count). The number of hydrogen-bond donors (Lipinski definition) is 3. The second-order valence-electron chi connectivity index (χ2n) is 6.76. The first-order valence-corrected chi connectivity index (χ1v) is 9.72. The normalized spacial score (nSPS) is 17.9. The van der Waals surface area contributed by atoms with Gasteiger partial charge in [-0.25, -0.2) is 0 Å². The van der Waals surface area contributed by atoms with Crippen molar-refractivity contribution in [3.05, 3.63) is 23.8 Å². The second kappa shape index (κ2) is 13.0. The highest BCUT2D eigenvalue weighted by Crippen LogP contribution is 2.23. The number of hydrogen-bond acceptors (Lipinski definition) is 4. The summed E-state index contributed by atoms with van der Waals surface area (Å²) in [6, 6.07) is 6.14. The lowest BCUT2D eigenvalue weighted by molar-refractivity contribution is 0.147. The van der Waals surface area contributed by atoms with E-state index in [1.54, 1.807) is 20.2 Å². The van der Waals surface area contributed by atoms with Gasteiger partial charge < -0.3 is 20.5 Å². The quantitative estimate of drug-likeness (QED) is 0.297. The highest BCUT2D eigenvalue weighted by molar-refractivity contribution is 14.0. The van der Waals surface area contributed by atoms with Crippen LogP contribution < -0.4 is 15.4 Å². The molecular weight excluding hydrogens is 455 g/mol. The number of rotatable bonds is 8. The third kappa shape index (κ3) is 7.73. The Morgan fingerprint density at radius 1 is 1.30 bits per heavy atom. The van der Waals surface area contributed by atoms with Crippen LogP contribution in [0.5, 0.6) is 11.5 Å². The maximum Gasteiger partial charge on any atom is 0.191 e. The summed E-state index contributed by atoms with van der Waals surface area (Å²) in [6.07, 6.45) is 5.96. The number of ether oxygens (including phenoxy) is 1. The van der Waals surface area contributed by atoms with E-state index in [9.17, 15) is 5.11 Å². The maximum absolute atomic E-state index is 10.0. The molecule has 1 aliphatic rings. The minimum atomic E-state index is 0. The highest BCUT2D eigenvalue weighted by atomic mass is 127. The summed E-state index contributed by atoms with van der Waals surface area (Å²) < 4.78 is 5.11. The molecule has 1 unspecified atom stereocenters. The number of benzene rings is 1. The van der Waals surface area contributed by atoms with Crippen molar-refractivity contribution >= 4 is 29.9 Å². The Balaban J connectivity index is 0.00000364. The fourth-order valence-corrected chi connectivity index (χ4v) is 3.55. The number of nitrogens with zero attached hydrogens (tertiary/aromatic N) is 2. The van der Waals surface area contributed by atoms with Crippen molar-refractivity contribution in [2.75, 3.05) is 40.3 Å². The summed E-state index contributed by atoms with van der Waals surface area (Å²) in [6.45, 7) is 6.15. The number of aromatic hydroxyl groups is 1. The van der Waals surface area contributed by atoms with Crippen molar-refractivity contribution in [1.82, 2.24) is 15.5 Å². The lowest BCUT2D eigenvalue weighted by Gasteiger charge is -2.35. The van der Waals surface area contributed by atoms with Crippen LogP contribution in [0.3, 0.4) is 0 Å². The van der Waals surface area contributed by atoms with Crippen LogP contribution in [-0.2, 0) is 6.42 Å². The average Bonchev–Trinajstić information content (AvgIpc) is 2.68. The standard InChI is InChI=1S/C20H34N4O2.HI/c1-4-17-7-5-6-13-24(17)14-12-23-20(21-2)22-11-10-16-8-9-18(26-3)15-19(16)25;/h8-9,15,17,25H,4-7,10-14H2,1-3H3,(H2,21,22,23);1H. The van der Waals surface area contributed by atoms with Crippen LogP contribution in [0.2, 0.25) is 0 Å². The monoisotopic (exact) mass is 490 g/mol. The molecule has 1 atom stereocenters. The molecule has 154 valence electrons. The fourth-order valence-electron chi connectivity index (χ4n) is 3.55. The molecule has 0 spiro atoms. The molecule has 1 fully saturated rings. The van der Waals surface area contributed by atoms with E-state index in [4.69, 9.17) is 4.74 Å². The zero-order valence-electron chi connectivity index (χ0n) is 16.8. The molecule has 1 aromatic carbocycles. The van der Waals surface area contributed by atoms with Crippen molar-refractivity contribution in [3.63, 3.8) is 0 Å². The maximum atomic E-state index is 10.0. The number of phenolic OH excluding ortho intramolecular Hbond substituents is 1. The number of methoxy groups -OCH3 is 1. The first-order chi connectivity index (χ1) is 12.7. The largest absolute Gasteiger partial charge is 0.508 e. The van der Waals surface area contributed by atoms with Gasteiger partial charge in [-0.2, -0.15) is 0 Å². The van der Waals surface area contributed by atoms with Crippen LogP contribution >= 0.6 is 24.0 Å². The molecular formula is C20H35IN4O2. The van der Waals surface area contributed by atoms with Gasteiger partial charge in [-0.3, -0.25) is 9.89 Å². The zero-order chi connectivity index (χ0) is 18.8. The van der Waals surface area contributed by atoms with E-state index in [-0.39, 0.29) is 29.7 Å². The Kier molecular flexibility index (Phi) is 11.5. The van der Waals surface area contributed by atoms with Gasteiger partial charge in [-0.15, -0.1) is 24.0 Å². The number of halogens is 1. The summed E-state index contributed by atoms with van der Waals surface area (Å²) in [4.78, 5) is 6.88. The number of likely N-dealkylation sites (tertiary alicyclic amines) is 1. The summed E-state index contributed by atoms with van der Waals surface area (Å²) in [5, 5.41) is 16.7. The van der Waals surface area contributed by atoms with E-state index in [1.165, 1.54) is 32.2 Å². The van der Waals surface area contributed by atoms with Crippen LogP contribution in [0.25, 0.3) is 0 Å². The number of nitrogens with one attached hydrogen (secondary N) is 2. The van der Waals surface area contributed by atoms with Crippen LogP contribution in [0.1, 0.15) is 38.2 Å². The van der Waals surface area contributed by atoms with Crippen molar-refractivity contribution in [2.24, 2.45) is 4.99 Å². The number of phenols is 1. The molecule has 0 radical (unpaired) electrons. The van der Waals surface area contributed by atoms with E-state index in [2.05, 4.69) is 27.4 Å². The topological polar surface area (TPSA) is 69.1 Å². The molecule has 27 heavy (non-hydrogen) atoms. The van der Waals surface area contributed by atoms with E-state index in [1.807, 2.05) is 12.1 Å². The third-order valence-electron chi connectivity index (χ3n) is 5.11. The number of guanidine groups is 1. The van der Waals surface area contributed by atoms with Gasteiger partial charge in [-0.1, -0.05) is 19.4 Å². The van der Waals surface area contributed by atoms with Gasteiger partial charge in [0.2, 0.25) is 0 Å². The van der Waals surface area contributed by atoms with Crippen molar-refractivity contribution < 1.29 is 9.84 Å². The molecule has 7 heteroatoms. The summed E-state index contributed by atoms with van der Waals surface area (Å²) in [7, 11) is 3.38. The summed E-state index contributed by atoms with van der Waals surface area (Å²) >= 11 is 0. The molecule has 3 N–H and O–H groups in total. The number of piperidine rings is 1. The van der Waals surface area contributed by atoms with Crippen LogP contribution in [0.15, 0.2) is 23.2 Å². The molecule has 1 saturated heterocycles. The van der Waals surface area contributed by atoms with Crippen molar-refractivity contribution in [1.29, 1.82) is 0 Å². The van der Waals surface area contributed by atoms with Gasteiger partial charge in [0.1, 0.15) is 11.5 Å². The van der Waals surface area contributed by atoms with Crippen molar-refractivity contribution in [3.8, 4) is 11.5 Å². The predicted octanol–water partition coefficient (Wildman–Crippen LogP) is 2.99. The van der Waals surface area contributed by atoms with Gasteiger partial charge >= 0.3 is 0 Å². The molecule has 1 aromatic rings. The van der Waals surface area contributed by atoms with Crippen LogP contribution in [0, 0.1) is 0 Å². The van der Waals surface area contributed by atoms with Crippen molar-refractivity contribution in [2.45, 2.75) is 45.1 Å². The molecule has 6 nitrogen and oxygen atoms in total. The fraction of sp³-hybridized carbons (Fsp3) is 0.650. The molecule has 0 amide bonds. The number of aliphatic imine (C=N–C) groups is 1. The lowest BCUT2D eigenvalue weighted by atomic mass is 10.0. The molecule has 0 aromatic heterocycles. The Labute approximate surface area is 180 Å². The Morgan fingerprint density at radius 3 is 2.74 bits per heavy atom. The van der Waals surface area contributed by atoms with Gasteiger partial charge in [0.05, 0.1) is 7.11 Å². The predicted molar refractivity (Wildman–Crippen MR) is 123 cm³/mol. The molecule has 0 aliphatic carbocycles. The SMILES string of the molecule is CCC1CCCCN1CCNC(=NC)NCCc1ccc(OC)cc1O.I. The molecule has 0 bridgehead atoms. The van der Waals surface area contributed by atoms with Crippen LogP contribution in [0.4, 0.5) is 0 Å². The van der Waals surface area contributed by atoms with Gasteiger partial charge in [-0.05, 0) is 43.9 Å². The zero-order valence-corrected chi connectivity index (χ0v) is 19.2. The lowest BCUT2D eigenvalue weighted by Crippen LogP contribution is -2.46. The Bertz CT molecular complexity index is 583. The van der Waals surface area contributed by atoms with Crippen LogP contribution in [-0.4, -0.2) is 62.3 Å². The first kappa shape index (κ1) is 23.8. The second-order valence-corrected chi connectivity index (χ2v) is 6.76. The van der Waals surface area contributed by atoms with E-state index < -0.39 is 0 Å². The minimum Gasteiger partial charge on any atom is -0.508 e. The Hall–Kier alpha value is -1.22. The summed E-state index contributed by atoms with van der Waals surface area (Å²) in [5.74, 6) is 1.74. The third-order valence-corrected chi connectivity index (χ3v) is 5.11. The molecule has 0 saturated carbocycles. The highest BCUT2D eigenvalue weighted by Gasteiger charge is 2.19. The Morgan fingerprint density at radius 2 is 2.07 bits per heavy atom. The van der Waals surface area contributed by atoms with Gasteiger partial charge in [0, 0.05) is 38.8 Å². The summed E-state index contributed by atoms with van der Waals surface area (Å²) in [5.41, 5.74) is 0.896. The average molecular weight is 490 g/mol. The molecule has 1 heterocycles. The minimum absolute atomic E-state index is 0. The van der Waals surface area contributed by atoms with Gasteiger partial charge in [0.25, 0.3) is 0 Å². The van der Waals surface area contributed by atoms with Gasteiger partial charge in [0.15, 0.2) is 5.96 Å².